The van der Waals surface area contributed by atoms with Crippen molar-refractivity contribution < 1.29 is 0 Å². The maximum absolute atomic E-state index is 4.68. The Kier molecular flexibility index (Phi) is 3.72. The highest BCUT2D eigenvalue weighted by molar-refractivity contribution is 5.56. The summed E-state index contributed by atoms with van der Waals surface area (Å²) in [5, 5.41) is 3.57. The minimum absolute atomic E-state index is 0.352. The van der Waals surface area contributed by atoms with Crippen molar-refractivity contribution in [3.63, 3.8) is 0 Å². The van der Waals surface area contributed by atoms with Gasteiger partial charge in [-0.3, -0.25) is 4.98 Å². The van der Waals surface area contributed by atoms with Gasteiger partial charge >= 0.3 is 0 Å². The lowest BCUT2D eigenvalue weighted by atomic mass is 10.1. The van der Waals surface area contributed by atoms with Crippen LogP contribution in [0, 0.1) is 13.8 Å². The molecular formula is C18H20N6. The standard InChI is InChI=1S/C18H20N6/c1-12-9-16(23-18(21-12)14-5-7-19-8-6-14)22-15-3-4-17-20-13(2)10-24(17)11-15/h5-10,15H,3-4,11H2,1-2H3,(H,21,22,23). The van der Waals surface area contributed by atoms with Gasteiger partial charge in [0.15, 0.2) is 5.82 Å². The van der Waals surface area contributed by atoms with E-state index in [0.717, 1.165) is 48.0 Å². The predicted molar refractivity (Wildman–Crippen MR) is 92.7 cm³/mol. The molecule has 0 saturated heterocycles. The quantitative estimate of drug-likeness (QED) is 0.803. The number of nitrogens with one attached hydrogen (secondary N) is 1. The molecule has 0 bridgehead atoms. The zero-order chi connectivity index (χ0) is 16.5. The fourth-order valence-corrected chi connectivity index (χ4v) is 3.19. The van der Waals surface area contributed by atoms with Crippen molar-refractivity contribution in [2.75, 3.05) is 5.32 Å². The summed E-state index contributed by atoms with van der Waals surface area (Å²) in [7, 11) is 0. The Morgan fingerprint density at radius 2 is 1.92 bits per heavy atom. The number of aryl methyl sites for hydroxylation is 3. The molecular weight excluding hydrogens is 300 g/mol. The Morgan fingerprint density at radius 3 is 2.75 bits per heavy atom. The number of hydrogen-bond donors (Lipinski definition) is 1. The zero-order valence-corrected chi connectivity index (χ0v) is 13.9. The van der Waals surface area contributed by atoms with Crippen molar-refractivity contribution in [3.05, 3.63) is 54.0 Å². The Hall–Kier alpha value is -2.76. The highest BCUT2D eigenvalue weighted by Gasteiger charge is 2.20. The lowest BCUT2D eigenvalue weighted by Gasteiger charge is -2.25. The van der Waals surface area contributed by atoms with E-state index >= 15 is 0 Å². The minimum Gasteiger partial charge on any atom is -0.365 e. The van der Waals surface area contributed by atoms with Crippen molar-refractivity contribution in [2.45, 2.75) is 39.3 Å². The van der Waals surface area contributed by atoms with Gasteiger partial charge in [-0.2, -0.15) is 0 Å². The summed E-state index contributed by atoms with van der Waals surface area (Å²) in [6.45, 7) is 4.96. The first-order valence-electron chi connectivity index (χ1n) is 8.22. The van der Waals surface area contributed by atoms with Gasteiger partial charge in [0, 0.05) is 54.9 Å². The largest absolute Gasteiger partial charge is 0.365 e. The molecule has 1 aliphatic rings. The SMILES string of the molecule is Cc1cc(NC2CCc3nc(C)cn3C2)nc(-c2ccncc2)n1. The summed E-state index contributed by atoms with van der Waals surface area (Å²) >= 11 is 0. The van der Waals surface area contributed by atoms with Crippen molar-refractivity contribution in [2.24, 2.45) is 0 Å². The lowest BCUT2D eigenvalue weighted by Crippen LogP contribution is -2.31. The zero-order valence-electron chi connectivity index (χ0n) is 13.9. The van der Waals surface area contributed by atoms with Crippen LogP contribution in [0.15, 0.2) is 36.8 Å². The van der Waals surface area contributed by atoms with E-state index in [4.69, 9.17) is 0 Å². The summed E-state index contributed by atoms with van der Waals surface area (Å²) in [6, 6.07) is 6.21. The average Bonchev–Trinajstić information content (AvgIpc) is 2.94. The van der Waals surface area contributed by atoms with E-state index in [1.54, 1.807) is 12.4 Å². The number of fused-ring (bicyclic) bond motifs is 1. The molecule has 0 aliphatic carbocycles. The molecule has 4 heterocycles. The summed E-state index contributed by atoms with van der Waals surface area (Å²) in [6.07, 6.45) is 7.70. The smallest absolute Gasteiger partial charge is 0.161 e. The second-order valence-corrected chi connectivity index (χ2v) is 6.28. The molecule has 0 aromatic carbocycles. The predicted octanol–water partition coefficient (Wildman–Crippen LogP) is 2.78. The maximum Gasteiger partial charge on any atom is 0.161 e. The third-order valence-electron chi connectivity index (χ3n) is 4.26. The normalized spacial score (nSPS) is 16.7. The number of rotatable bonds is 3. The van der Waals surface area contributed by atoms with E-state index in [9.17, 15) is 0 Å². The van der Waals surface area contributed by atoms with E-state index < -0.39 is 0 Å². The Balaban J connectivity index is 1.56. The molecule has 24 heavy (non-hydrogen) atoms. The molecule has 3 aromatic heterocycles. The Labute approximate surface area is 141 Å². The van der Waals surface area contributed by atoms with Gasteiger partial charge in [0.2, 0.25) is 0 Å². The van der Waals surface area contributed by atoms with E-state index in [0.29, 0.717) is 6.04 Å². The second kappa shape index (κ2) is 6.03. The van der Waals surface area contributed by atoms with Crippen molar-refractivity contribution >= 4 is 5.82 Å². The number of hydrogen-bond acceptors (Lipinski definition) is 5. The summed E-state index contributed by atoms with van der Waals surface area (Å²) in [5.41, 5.74) is 3.02. The highest BCUT2D eigenvalue weighted by Crippen LogP contribution is 2.21. The van der Waals surface area contributed by atoms with Gasteiger partial charge in [0.1, 0.15) is 11.6 Å². The molecule has 4 rings (SSSR count). The van der Waals surface area contributed by atoms with E-state index in [-0.39, 0.29) is 0 Å². The first kappa shape index (κ1) is 14.8. The monoisotopic (exact) mass is 320 g/mol. The summed E-state index contributed by atoms with van der Waals surface area (Å²) in [5.74, 6) is 2.79. The fourth-order valence-electron chi connectivity index (χ4n) is 3.19. The summed E-state index contributed by atoms with van der Waals surface area (Å²) in [4.78, 5) is 17.8. The van der Waals surface area contributed by atoms with E-state index in [2.05, 4.69) is 36.0 Å². The molecule has 0 spiro atoms. The van der Waals surface area contributed by atoms with Gasteiger partial charge < -0.3 is 9.88 Å². The Morgan fingerprint density at radius 1 is 1.08 bits per heavy atom. The van der Waals surface area contributed by atoms with Gasteiger partial charge in [0.25, 0.3) is 0 Å². The molecule has 6 heteroatoms. The molecule has 3 aromatic rings. The molecule has 1 unspecified atom stereocenters. The molecule has 0 amide bonds. The first-order chi connectivity index (χ1) is 11.7. The van der Waals surface area contributed by atoms with E-state index in [1.807, 2.05) is 32.0 Å². The number of nitrogens with zero attached hydrogens (tertiary/aromatic N) is 5. The van der Waals surface area contributed by atoms with Gasteiger partial charge in [-0.15, -0.1) is 0 Å². The van der Waals surface area contributed by atoms with Crippen LogP contribution in [0.1, 0.15) is 23.6 Å². The lowest BCUT2D eigenvalue weighted by molar-refractivity contribution is 0.475. The number of imidazole rings is 1. The fraction of sp³-hybridized carbons (Fsp3) is 0.333. The molecule has 0 saturated carbocycles. The molecule has 6 nitrogen and oxygen atoms in total. The third-order valence-corrected chi connectivity index (χ3v) is 4.26. The second-order valence-electron chi connectivity index (χ2n) is 6.28. The van der Waals surface area contributed by atoms with Crippen LogP contribution in [-0.2, 0) is 13.0 Å². The van der Waals surface area contributed by atoms with E-state index in [1.165, 1.54) is 5.82 Å². The third kappa shape index (κ3) is 2.99. The average molecular weight is 320 g/mol. The molecule has 0 fully saturated rings. The topological polar surface area (TPSA) is 68.5 Å². The molecule has 1 N–H and O–H groups in total. The van der Waals surface area contributed by atoms with Gasteiger partial charge in [0.05, 0.1) is 5.69 Å². The Bertz CT molecular complexity index is 855. The van der Waals surface area contributed by atoms with Crippen LogP contribution in [0.5, 0.6) is 0 Å². The molecule has 1 aliphatic heterocycles. The number of anilines is 1. The number of pyridine rings is 1. The molecule has 122 valence electrons. The minimum atomic E-state index is 0.352. The van der Waals surface area contributed by atoms with Gasteiger partial charge in [-0.25, -0.2) is 15.0 Å². The van der Waals surface area contributed by atoms with Crippen LogP contribution < -0.4 is 5.32 Å². The van der Waals surface area contributed by atoms with Crippen LogP contribution in [-0.4, -0.2) is 30.5 Å². The van der Waals surface area contributed by atoms with Crippen molar-refractivity contribution in [1.82, 2.24) is 24.5 Å². The van der Waals surface area contributed by atoms with Crippen LogP contribution >= 0.6 is 0 Å². The molecule has 1 atom stereocenters. The van der Waals surface area contributed by atoms with Crippen LogP contribution in [0.4, 0.5) is 5.82 Å². The maximum atomic E-state index is 4.68. The van der Waals surface area contributed by atoms with Crippen LogP contribution in [0.3, 0.4) is 0 Å². The summed E-state index contributed by atoms with van der Waals surface area (Å²) < 4.78 is 2.24. The van der Waals surface area contributed by atoms with Crippen LogP contribution in [0.2, 0.25) is 0 Å². The van der Waals surface area contributed by atoms with Gasteiger partial charge in [-0.1, -0.05) is 0 Å². The van der Waals surface area contributed by atoms with Crippen molar-refractivity contribution in [3.8, 4) is 11.4 Å². The first-order valence-corrected chi connectivity index (χ1v) is 8.22. The van der Waals surface area contributed by atoms with Crippen LogP contribution in [0.25, 0.3) is 11.4 Å². The number of aromatic nitrogens is 5. The molecule has 0 radical (unpaired) electrons. The highest BCUT2D eigenvalue weighted by atomic mass is 15.1. The van der Waals surface area contributed by atoms with Crippen molar-refractivity contribution in [1.29, 1.82) is 0 Å². The van der Waals surface area contributed by atoms with Gasteiger partial charge in [-0.05, 0) is 32.4 Å².